The molecule has 166 valence electrons. The molecule has 0 unspecified atom stereocenters. The summed E-state index contributed by atoms with van der Waals surface area (Å²) in [7, 11) is 0. The van der Waals surface area contributed by atoms with E-state index in [9.17, 15) is 14.4 Å². The summed E-state index contributed by atoms with van der Waals surface area (Å²) in [4.78, 5) is 35.2. The van der Waals surface area contributed by atoms with Crippen molar-refractivity contribution < 1.29 is 33.3 Å². The average molecular weight is 433 g/mol. The van der Waals surface area contributed by atoms with Crippen LogP contribution in [0.1, 0.15) is 60.3 Å². The minimum Gasteiger partial charge on any atom is -0.464 e. The molecule has 2 fully saturated rings. The van der Waals surface area contributed by atoms with Crippen molar-refractivity contribution in [3.8, 4) is 0 Å². The van der Waals surface area contributed by atoms with Crippen molar-refractivity contribution in [1.82, 2.24) is 0 Å². The first-order valence-corrected chi connectivity index (χ1v) is 10.9. The Bertz CT molecular complexity index is 588. The molecule has 8 heteroatoms. The van der Waals surface area contributed by atoms with Crippen molar-refractivity contribution in [2.75, 3.05) is 13.2 Å². The van der Waals surface area contributed by atoms with Crippen LogP contribution >= 0.6 is 11.6 Å². The molecule has 5 atom stereocenters. The summed E-state index contributed by atoms with van der Waals surface area (Å²) in [5.41, 5.74) is 0. The first-order valence-electron chi connectivity index (χ1n) is 10.5. The SMILES string of the molecule is CCOC(=O)C(Cl)(C(=O)OCC)[C@@H]1CC(=O)O[C@H]1O[C@@H]1C[C@H](C)CC[C@H]1C(C)C. The molecule has 7 nitrogen and oxygen atoms in total. The number of esters is 3. The van der Waals surface area contributed by atoms with Crippen molar-refractivity contribution >= 4 is 29.5 Å². The van der Waals surface area contributed by atoms with E-state index < -0.39 is 35.0 Å². The average Bonchev–Trinajstić information content (AvgIpc) is 3.01. The van der Waals surface area contributed by atoms with E-state index in [1.54, 1.807) is 13.8 Å². The van der Waals surface area contributed by atoms with Crippen LogP contribution in [0.15, 0.2) is 0 Å². The second-order valence-electron chi connectivity index (χ2n) is 8.32. The Hall–Kier alpha value is -1.34. The van der Waals surface area contributed by atoms with Crippen LogP contribution in [0.4, 0.5) is 0 Å². The second kappa shape index (κ2) is 10.1. The molecule has 29 heavy (non-hydrogen) atoms. The van der Waals surface area contributed by atoms with E-state index in [1.807, 2.05) is 0 Å². The predicted molar refractivity (Wildman–Crippen MR) is 106 cm³/mol. The van der Waals surface area contributed by atoms with Crippen LogP contribution in [-0.2, 0) is 33.3 Å². The third kappa shape index (κ3) is 5.23. The maximum Gasteiger partial charge on any atom is 0.339 e. The number of alkyl halides is 1. The van der Waals surface area contributed by atoms with Crippen LogP contribution in [0.5, 0.6) is 0 Å². The molecule has 0 aromatic rings. The normalized spacial score (nSPS) is 30.2. The van der Waals surface area contributed by atoms with Gasteiger partial charge in [0.15, 0.2) is 0 Å². The zero-order valence-electron chi connectivity index (χ0n) is 17.9. The fourth-order valence-electron chi connectivity index (χ4n) is 4.29. The van der Waals surface area contributed by atoms with E-state index >= 15 is 0 Å². The zero-order chi connectivity index (χ0) is 21.8. The molecule has 0 radical (unpaired) electrons. The van der Waals surface area contributed by atoms with E-state index in [4.69, 9.17) is 30.5 Å². The zero-order valence-corrected chi connectivity index (χ0v) is 18.7. The van der Waals surface area contributed by atoms with Crippen molar-refractivity contribution in [3.63, 3.8) is 0 Å². The minimum atomic E-state index is -2.20. The first-order chi connectivity index (χ1) is 13.6. The maximum absolute atomic E-state index is 12.7. The lowest BCUT2D eigenvalue weighted by Gasteiger charge is -2.39. The molecule has 1 heterocycles. The van der Waals surface area contributed by atoms with Gasteiger partial charge in [-0.15, -0.1) is 0 Å². The van der Waals surface area contributed by atoms with Crippen molar-refractivity contribution in [2.45, 2.75) is 77.6 Å². The monoisotopic (exact) mass is 432 g/mol. The third-order valence-corrected chi connectivity index (χ3v) is 6.48. The van der Waals surface area contributed by atoms with Gasteiger partial charge >= 0.3 is 17.9 Å². The van der Waals surface area contributed by atoms with Crippen LogP contribution in [-0.4, -0.2) is 48.4 Å². The molecule has 0 spiro atoms. The van der Waals surface area contributed by atoms with E-state index in [-0.39, 0.29) is 25.7 Å². The summed E-state index contributed by atoms with van der Waals surface area (Å²) >= 11 is 6.55. The summed E-state index contributed by atoms with van der Waals surface area (Å²) in [6, 6.07) is 0. The first kappa shape index (κ1) is 23.9. The highest BCUT2D eigenvalue weighted by atomic mass is 35.5. The molecule has 1 saturated heterocycles. The van der Waals surface area contributed by atoms with Crippen molar-refractivity contribution in [3.05, 3.63) is 0 Å². The van der Waals surface area contributed by atoms with Gasteiger partial charge in [0.25, 0.3) is 0 Å². The fraction of sp³-hybridized carbons (Fsp3) is 0.857. The highest BCUT2D eigenvalue weighted by Gasteiger charge is 2.61. The van der Waals surface area contributed by atoms with Crippen molar-refractivity contribution in [1.29, 1.82) is 0 Å². The highest BCUT2D eigenvalue weighted by molar-refractivity contribution is 6.45. The molecule has 2 rings (SSSR count). The Kier molecular flexibility index (Phi) is 8.35. The minimum absolute atomic E-state index is 0.0370. The Morgan fingerprint density at radius 3 is 2.28 bits per heavy atom. The summed E-state index contributed by atoms with van der Waals surface area (Å²) in [5.74, 6) is -2.34. The summed E-state index contributed by atoms with van der Waals surface area (Å²) in [5, 5.41) is 0. The van der Waals surface area contributed by atoms with Gasteiger partial charge in [-0.1, -0.05) is 38.8 Å². The number of carbonyl (C=O) groups excluding carboxylic acids is 3. The van der Waals surface area contributed by atoms with E-state index in [0.717, 1.165) is 19.3 Å². The fourth-order valence-corrected chi connectivity index (χ4v) is 4.58. The smallest absolute Gasteiger partial charge is 0.339 e. The highest BCUT2D eigenvalue weighted by Crippen LogP contribution is 2.43. The van der Waals surface area contributed by atoms with Crippen LogP contribution in [0.25, 0.3) is 0 Å². The second-order valence-corrected chi connectivity index (χ2v) is 8.92. The molecule has 0 aromatic carbocycles. The molecule has 0 bridgehead atoms. The quantitative estimate of drug-likeness (QED) is 0.251. The lowest BCUT2D eigenvalue weighted by atomic mass is 9.75. The van der Waals surface area contributed by atoms with Gasteiger partial charge in [0.2, 0.25) is 11.2 Å². The van der Waals surface area contributed by atoms with Gasteiger partial charge in [-0.25, -0.2) is 9.59 Å². The molecule has 1 aliphatic carbocycles. The molecule has 0 amide bonds. The van der Waals surface area contributed by atoms with Gasteiger partial charge < -0.3 is 18.9 Å². The Balaban J connectivity index is 2.31. The van der Waals surface area contributed by atoms with E-state index in [0.29, 0.717) is 17.8 Å². The maximum atomic E-state index is 12.7. The summed E-state index contributed by atoms with van der Waals surface area (Å²) in [6.07, 6.45) is 1.46. The van der Waals surface area contributed by atoms with Gasteiger partial charge in [0, 0.05) is 0 Å². The molecular formula is C21H33ClO7. The Labute approximate surface area is 177 Å². The number of hydrogen-bond donors (Lipinski definition) is 0. The number of hydrogen-bond acceptors (Lipinski definition) is 7. The van der Waals surface area contributed by atoms with Gasteiger partial charge in [-0.05, 0) is 44.4 Å². The van der Waals surface area contributed by atoms with E-state index in [2.05, 4.69) is 20.8 Å². The van der Waals surface area contributed by atoms with Gasteiger partial charge in [-0.3, -0.25) is 4.79 Å². The van der Waals surface area contributed by atoms with Crippen LogP contribution in [0.3, 0.4) is 0 Å². The standard InChI is InChI=1S/C21H33ClO7/c1-6-26-19(24)21(22,20(25)27-7-2)15-11-17(23)29-18(15)28-16-10-13(5)8-9-14(16)12(3)4/h12-16,18H,6-11H2,1-5H3/t13-,14+,15-,16-,18-/m1/s1. The van der Waals surface area contributed by atoms with E-state index in [1.165, 1.54) is 0 Å². The Morgan fingerprint density at radius 1 is 1.17 bits per heavy atom. The molecule has 1 saturated carbocycles. The third-order valence-electron chi connectivity index (χ3n) is 5.89. The lowest BCUT2D eigenvalue weighted by Crippen LogP contribution is -2.53. The number of cyclic esters (lactones) is 1. The molecule has 1 aliphatic heterocycles. The van der Waals surface area contributed by atoms with Crippen LogP contribution < -0.4 is 0 Å². The Morgan fingerprint density at radius 2 is 1.76 bits per heavy atom. The number of halogens is 1. The van der Waals surface area contributed by atoms with Crippen LogP contribution in [0.2, 0.25) is 0 Å². The molecule has 2 aliphatic rings. The summed E-state index contributed by atoms with van der Waals surface area (Å²) < 4.78 is 21.7. The molecule has 0 aromatic heterocycles. The summed E-state index contributed by atoms with van der Waals surface area (Å²) in [6.45, 7) is 9.73. The number of rotatable bonds is 8. The largest absolute Gasteiger partial charge is 0.464 e. The number of ether oxygens (including phenoxy) is 4. The van der Waals surface area contributed by atoms with Gasteiger partial charge in [0.05, 0.1) is 31.7 Å². The predicted octanol–water partition coefficient (Wildman–Crippen LogP) is 3.46. The molecule has 0 N–H and O–H groups in total. The molecular weight excluding hydrogens is 400 g/mol. The van der Waals surface area contributed by atoms with Gasteiger partial charge in [-0.2, -0.15) is 0 Å². The topological polar surface area (TPSA) is 88.1 Å². The number of carbonyl (C=O) groups is 3. The van der Waals surface area contributed by atoms with Crippen LogP contribution in [0, 0.1) is 23.7 Å². The van der Waals surface area contributed by atoms with Crippen molar-refractivity contribution in [2.24, 2.45) is 23.7 Å². The lowest BCUT2D eigenvalue weighted by molar-refractivity contribution is -0.204. The van der Waals surface area contributed by atoms with Gasteiger partial charge in [0.1, 0.15) is 0 Å².